The van der Waals surface area contributed by atoms with Crippen molar-refractivity contribution in [2.24, 2.45) is 5.92 Å². The number of carbonyl (C=O) groups is 2. The summed E-state index contributed by atoms with van der Waals surface area (Å²) >= 11 is 0. The Kier molecular flexibility index (Phi) is 2.94. The summed E-state index contributed by atoms with van der Waals surface area (Å²) in [4.78, 5) is 24.5. The molecular formula is C16H19NO3. The lowest BCUT2D eigenvalue weighted by Crippen LogP contribution is -2.27. The Balaban J connectivity index is 1.96. The minimum atomic E-state index is -0.580. The SMILES string of the molecule is CC1OCCC1C(=O)c1ccc2c(c1)C(C)(C)C(=O)N2. The summed E-state index contributed by atoms with van der Waals surface area (Å²) in [6.07, 6.45) is 0.751. The van der Waals surface area contributed by atoms with Gasteiger partial charge >= 0.3 is 0 Å². The average molecular weight is 273 g/mol. The number of anilines is 1. The number of amides is 1. The standard InChI is InChI=1S/C16H19NO3/c1-9-11(6-7-20-9)14(18)10-4-5-13-12(8-10)16(2,3)15(19)17-13/h4-5,8-9,11H,6-7H2,1-3H3,(H,17,19). The van der Waals surface area contributed by atoms with Crippen molar-refractivity contribution in [3.8, 4) is 0 Å². The van der Waals surface area contributed by atoms with Gasteiger partial charge in [-0.1, -0.05) is 0 Å². The van der Waals surface area contributed by atoms with E-state index in [1.54, 1.807) is 6.07 Å². The molecule has 1 aromatic rings. The topological polar surface area (TPSA) is 55.4 Å². The Morgan fingerprint density at radius 3 is 2.80 bits per heavy atom. The average Bonchev–Trinajstić information content (AvgIpc) is 2.92. The highest BCUT2D eigenvalue weighted by molar-refractivity contribution is 6.07. The number of rotatable bonds is 2. The maximum atomic E-state index is 12.6. The van der Waals surface area contributed by atoms with E-state index >= 15 is 0 Å². The molecule has 0 radical (unpaired) electrons. The highest BCUT2D eigenvalue weighted by Crippen LogP contribution is 2.38. The van der Waals surface area contributed by atoms with Gasteiger partial charge in [0.15, 0.2) is 5.78 Å². The molecule has 0 saturated carbocycles. The van der Waals surface area contributed by atoms with Crippen LogP contribution in [0.15, 0.2) is 18.2 Å². The third-order valence-corrected chi connectivity index (χ3v) is 4.51. The van der Waals surface area contributed by atoms with Crippen molar-refractivity contribution in [1.82, 2.24) is 0 Å². The second kappa shape index (κ2) is 4.42. The molecule has 2 aliphatic heterocycles. The predicted molar refractivity (Wildman–Crippen MR) is 75.9 cm³/mol. The molecule has 2 unspecified atom stereocenters. The molecule has 1 saturated heterocycles. The number of nitrogens with one attached hydrogen (secondary N) is 1. The van der Waals surface area contributed by atoms with Crippen LogP contribution in [0.5, 0.6) is 0 Å². The van der Waals surface area contributed by atoms with E-state index in [4.69, 9.17) is 4.74 Å². The van der Waals surface area contributed by atoms with Crippen LogP contribution in [0.4, 0.5) is 5.69 Å². The predicted octanol–water partition coefficient (Wildman–Crippen LogP) is 2.52. The Morgan fingerprint density at radius 2 is 2.15 bits per heavy atom. The van der Waals surface area contributed by atoms with Gasteiger partial charge in [-0.2, -0.15) is 0 Å². The summed E-state index contributed by atoms with van der Waals surface area (Å²) in [6, 6.07) is 5.49. The van der Waals surface area contributed by atoms with E-state index in [1.807, 2.05) is 32.9 Å². The van der Waals surface area contributed by atoms with Crippen molar-refractivity contribution in [3.05, 3.63) is 29.3 Å². The fourth-order valence-corrected chi connectivity index (χ4v) is 3.01. The van der Waals surface area contributed by atoms with Gasteiger partial charge in [0, 0.05) is 17.9 Å². The quantitative estimate of drug-likeness (QED) is 0.842. The molecule has 1 aromatic carbocycles. The van der Waals surface area contributed by atoms with Crippen LogP contribution in [-0.4, -0.2) is 24.4 Å². The molecule has 4 nitrogen and oxygen atoms in total. The number of carbonyl (C=O) groups excluding carboxylic acids is 2. The molecule has 0 bridgehead atoms. The van der Waals surface area contributed by atoms with E-state index in [0.29, 0.717) is 12.2 Å². The van der Waals surface area contributed by atoms with Crippen LogP contribution in [0.1, 0.15) is 43.1 Å². The zero-order valence-corrected chi connectivity index (χ0v) is 12.0. The second-order valence-electron chi connectivity index (χ2n) is 6.17. The molecule has 2 heterocycles. The Morgan fingerprint density at radius 1 is 1.40 bits per heavy atom. The Labute approximate surface area is 118 Å². The Bertz CT molecular complexity index is 591. The molecule has 1 amide bonds. The van der Waals surface area contributed by atoms with Crippen molar-refractivity contribution in [1.29, 1.82) is 0 Å². The first kappa shape index (κ1) is 13.3. The molecule has 1 fully saturated rings. The van der Waals surface area contributed by atoms with Gasteiger partial charge in [0.1, 0.15) is 0 Å². The molecule has 3 rings (SSSR count). The normalized spacial score (nSPS) is 27.2. The third kappa shape index (κ3) is 1.86. The van der Waals surface area contributed by atoms with E-state index in [9.17, 15) is 9.59 Å². The lowest BCUT2D eigenvalue weighted by molar-refractivity contribution is -0.119. The number of Topliss-reactive ketones (excluding diaryl/α,β-unsaturated/α-hetero) is 1. The molecule has 0 aliphatic carbocycles. The van der Waals surface area contributed by atoms with Crippen molar-refractivity contribution in [2.75, 3.05) is 11.9 Å². The van der Waals surface area contributed by atoms with Crippen LogP contribution in [0, 0.1) is 5.92 Å². The first-order valence-electron chi connectivity index (χ1n) is 7.03. The summed E-state index contributed by atoms with van der Waals surface area (Å²) in [5.74, 6) is 0.0313. The van der Waals surface area contributed by atoms with E-state index in [-0.39, 0.29) is 23.7 Å². The van der Waals surface area contributed by atoms with E-state index in [1.165, 1.54) is 0 Å². The van der Waals surface area contributed by atoms with Crippen LogP contribution >= 0.6 is 0 Å². The summed E-state index contributed by atoms with van der Waals surface area (Å²) in [7, 11) is 0. The molecule has 0 spiro atoms. The number of benzene rings is 1. The van der Waals surface area contributed by atoms with Crippen LogP contribution in [0.25, 0.3) is 0 Å². The number of hydrogen-bond acceptors (Lipinski definition) is 3. The summed E-state index contributed by atoms with van der Waals surface area (Å²) < 4.78 is 5.47. The maximum absolute atomic E-state index is 12.6. The van der Waals surface area contributed by atoms with Crippen LogP contribution in [-0.2, 0) is 14.9 Å². The van der Waals surface area contributed by atoms with Gasteiger partial charge in [0.05, 0.1) is 17.4 Å². The zero-order chi connectivity index (χ0) is 14.5. The molecule has 0 aromatic heterocycles. The lowest BCUT2D eigenvalue weighted by atomic mass is 9.83. The maximum Gasteiger partial charge on any atom is 0.234 e. The zero-order valence-electron chi connectivity index (χ0n) is 12.0. The molecule has 2 atom stereocenters. The van der Waals surface area contributed by atoms with E-state index < -0.39 is 5.41 Å². The van der Waals surface area contributed by atoms with Crippen molar-refractivity contribution in [2.45, 2.75) is 38.7 Å². The van der Waals surface area contributed by atoms with Crippen LogP contribution in [0.3, 0.4) is 0 Å². The van der Waals surface area contributed by atoms with Gasteiger partial charge in [0.25, 0.3) is 0 Å². The smallest absolute Gasteiger partial charge is 0.234 e. The number of ketones is 1. The van der Waals surface area contributed by atoms with Crippen molar-refractivity contribution < 1.29 is 14.3 Å². The fraction of sp³-hybridized carbons (Fsp3) is 0.500. The van der Waals surface area contributed by atoms with Gasteiger partial charge in [-0.3, -0.25) is 9.59 Å². The Hall–Kier alpha value is -1.68. The van der Waals surface area contributed by atoms with Crippen LogP contribution in [0.2, 0.25) is 0 Å². The lowest BCUT2D eigenvalue weighted by Gasteiger charge is -2.17. The molecule has 106 valence electrons. The molecular weight excluding hydrogens is 254 g/mol. The van der Waals surface area contributed by atoms with Crippen LogP contribution < -0.4 is 5.32 Å². The van der Waals surface area contributed by atoms with E-state index in [2.05, 4.69) is 5.32 Å². The van der Waals surface area contributed by atoms with Gasteiger partial charge < -0.3 is 10.1 Å². The van der Waals surface area contributed by atoms with Gasteiger partial charge in [-0.05, 0) is 51.0 Å². The molecule has 2 aliphatic rings. The highest BCUT2D eigenvalue weighted by Gasteiger charge is 2.39. The molecule has 4 heteroatoms. The minimum absolute atomic E-state index is 0.0188. The number of ether oxygens (including phenoxy) is 1. The first-order chi connectivity index (χ1) is 9.41. The summed E-state index contributed by atoms with van der Waals surface area (Å²) in [5.41, 5.74) is 1.81. The summed E-state index contributed by atoms with van der Waals surface area (Å²) in [5, 5.41) is 2.86. The van der Waals surface area contributed by atoms with Crippen molar-refractivity contribution >= 4 is 17.4 Å². The van der Waals surface area contributed by atoms with Gasteiger partial charge in [-0.15, -0.1) is 0 Å². The minimum Gasteiger partial charge on any atom is -0.378 e. The fourth-order valence-electron chi connectivity index (χ4n) is 3.01. The largest absolute Gasteiger partial charge is 0.378 e. The third-order valence-electron chi connectivity index (χ3n) is 4.51. The monoisotopic (exact) mass is 273 g/mol. The highest BCUT2D eigenvalue weighted by atomic mass is 16.5. The second-order valence-corrected chi connectivity index (χ2v) is 6.17. The molecule has 1 N–H and O–H groups in total. The van der Waals surface area contributed by atoms with Gasteiger partial charge in [-0.25, -0.2) is 0 Å². The van der Waals surface area contributed by atoms with Crippen molar-refractivity contribution in [3.63, 3.8) is 0 Å². The first-order valence-corrected chi connectivity index (χ1v) is 7.03. The number of hydrogen-bond donors (Lipinski definition) is 1. The molecule has 20 heavy (non-hydrogen) atoms. The van der Waals surface area contributed by atoms with E-state index in [0.717, 1.165) is 17.7 Å². The summed E-state index contributed by atoms with van der Waals surface area (Å²) in [6.45, 7) is 6.35. The number of fused-ring (bicyclic) bond motifs is 1. The van der Waals surface area contributed by atoms with Gasteiger partial charge in [0.2, 0.25) is 5.91 Å².